The molecule has 4 N–H and O–H groups in total. The van der Waals surface area contributed by atoms with Gasteiger partial charge in [0.05, 0.1) is 16.8 Å². The molecule has 0 spiro atoms. The summed E-state index contributed by atoms with van der Waals surface area (Å²) in [4.78, 5) is 28.3. The lowest BCUT2D eigenvalue weighted by Gasteiger charge is -2.19. The molecular formula is C26H25F6N3O4. The van der Waals surface area contributed by atoms with Crippen LogP contribution in [0.3, 0.4) is 0 Å². The number of fused-ring (bicyclic) bond motifs is 1. The molecule has 210 valence electrons. The summed E-state index contributed by atoms with van der Waals surface area (Å²) in [6, 6.07) is 5.79. The second kappa shape index (κ2) is 12.4. The quantitative estimate of drug-likeness (QED) is 0.0571. The zero-order chi connectivity index (χ0) is 28.8. The van der Waals surface area contributed by atoms with E-state index >= 15 is 0 Å². The largest absolute Gasteiger partial charge is 0.416 e. The summed E-state index contributed by atoms with van der Waals surface area (Å²) in [5.41, 5.74) is 1.63. The van der Waals surface area contributed by atoms with Gasteiger partial charge in [-0.1, -0.05) is 6.42 Å². The Labute approximate surface area is 219 Å². The van der Waals surface area contributed by atoms with Gasteiger partial charge in [0, 0.05) is 24.0 Å². The van der Waals surface area contributed by atoms with Crippen LogP contribution in [-0.2, 0) is 23.6 Å². The van der Waals surface area contributed by atoms with Crippen LogP contribution in [0.2, 0.25) is 0 Å². The van der Waals surface area contributed by atoms with E-state index in [-0.39, 0.29) is 41.4 Å². The van der Waals surface area contributed by atoms with Gasteiger partial charge in [0.1, 0.15) is 5.84 Å². The molecule has 1 aliphatic rings. The second-order valence-corrected chi connectivity index (χ2v) is 8.95. The number of nitrogens with one attached hydrogen (secondary N) is 2. The van der Waals surface area contributed by atoms with Crippen LogP contribution in [0.4, 0.5) is 32.0 Å². The van der Waals surface area contributed by atoms with E-state index < -0.39 is 35.2 Å². The van der Waals surface area contributed by atoms with E-state index in [2.05, 4.69) is 4.99 Å². The van der Waals surface area contributed by atoms with Crippen molar-refractivity contribution in [1.82, 2.24) is 11.0 Å². The summed E-state index contributed by atoms with van der Waals surface area (Å²) in [5.74, 6) is -0.758. The Morgan fingerprint density at radius 1 is 0.872 bits per heavy atom. The Kier molecular flexibility index (Phi) is 9.51. The molecule has 0 bridgehead atoms. The first-order valence-corrected chi connectivity index (χ1v) is 11.9. The summed E-state index contributed by atoms with van der Waals surface area (Å²) in [7, 11) is 0. The molecule has 1 aliphatic carbocycles. The number of hydroxylamine groups is 2. The molecule has 0 saturated carbocycles. The number of Topliss-reactive ketones (excluding diaryl/α,β-unsaturated/α-hetero) is 1. The molecule has 0 saturated heterocycles. The van der Waals surface area contributed by atoms with Gasteiger partial charge in [-0.25, -0.2) is 10.5 Å². The summed E-state index contributed by atoms with van der Waals surface area (Å²) >= 11 is 0. The molecule has 0 unspecified atom stereocenters. The molecule has 39 heavy (non-hydrogen) atoms. The van der Waals surface area contributed by atoms with Gasteiger partial charge in [-0.15, -0.1) is 0 Å². The lowest BCUT2D eigenvalue weighted by molar-refractivity contribution is -0.143. The maximum atomic E-state index is 13.2. The lowest BCUT2D eigenvalue weighted by atomic mass is 9.85. The molecule has 2 aromatic rings. The Morgan fingerprint density at radius 2 is 1.51 bits per heavy atom. The Bertz CT molecular complexity index is 1250. The number of amides is 1. The monoisotopic (exact) mass is 557 g/mol. The molecule has 0 fully saturated rings. The Hall–Kier alpha value is -3.71. The highest BCUT2D eigenvalue weighted by molar-refractivity contribution is 6.13. The number of hydrogen-bond acceptors (Lipinski definition) is 5. The minimum absolute atomic E-state index is 0.0350. The highest BCUT2D eigenvalue weighted by Crippen LogP contribution is 2.37. The Morgan fingerprint density at radius 3 is 2.10 bits per heavy atom. The second-order valence-electron chi connectivity index (χ2n) is 8.95. The number of benzene rings is 2. The number of allylic oxidation sites excluding steroid dienone is 1. The zero-order valence-electron chi connectivity index (χ0n) is 20.4. The number of alkyl halides is 6. The average Bonchev–Trinajstić information content (AvgIpc) is 2.88. The number of nitrogens with zero attached hydrogens (tertiary/aromatic N) is 1. The molecule has 0 radical (unpaired) electrons. The molecule has 0 heterocycles. The van der Waals surface area contributed by atoms with Crippen molar-refractivity contribution in [2.75, 3.05) is 0 Å². The van der Waals surface area contributed by atoms with Crippen LogP contribution in [0, 0.1) is 0 Å². The number of aliphatic imine (C=N–C) groups is 1. The fourth-order valence-electron chi connectivity index (χ4n) is 4.14. The normalized spacial score (nSPS) is 15.3. The fraction of sp³-hybridized carbons (Fsp3) is 0.346. The van der Waals surface area contributed by atoms with Crippen molar-refractivity contribution in [1.29, 1.82) is 0 Å². The number of carbonyl (C=O) groups is 2. The van der Waals surface area contributed by atoms with E-state index in [1.165, 1.54) is 12.1 Å². The van der Waals surface area contributed by atoms with Crippen molar-refractivity contribution in [3.8, 4) is 0 Å². The van der Waals surface area contributed by atoms with Crippen molar-refractivity contribution < 1.29 is 46.3 Å². The minimum Gasteiger partial charge on any atom is -0.290 e. The summed E-state index contributed by atoms with van der Waals surface area (Å²) < 4.78 is 79.1. The number of aryl methyl sites for hydroxylation is 1. The SMILES string of the molecule is O=C(CCCCCC(=Nc1ccc2c(c1)CC/C(=C\c1cc(C(F)(F)F)cc(C(F)(F)F)c1)C2=O)NO)NO. The topological polar surface area (TPSA) is 111 Å². The molecule has 0 aliphatic heterocycles. The third-order valence-electron chi connectivity index (χ3n) is 6.07. The van der Waals surface area contributed by atoms with Gasteiger partial charge in [-0.2, -0.15) is 26.3 Å². The molecule has 3 rings (SSSR count). The minimum atomic E-state index is -4.99. The van der Waals surface area contributed by atoms with Gasteiger partial charge in [0.2, 0.25) is 5.91 Å². The van der Waals surface area contributed by atoms with Gasteiger partial charge in [-0.05, 0) is 79.3 Å². The predicted octanol–water partition coefficient (Wildman–Crippen LogP) is 6.40. The smallest absolute Gasteiger partial charge is 0.290 e. The standard InChI is InChI=1S/C26H25F6N3O4/c27-25(28,29)18-11-15(12-19(14-18)26(30,31)32)10-17-7-6-16-13-20(8-9-21(16)24(17)37)33-22(34-38)4-2-1-3-5-23(36)35-39/h8-14,38-39H,1-7H2,(H,33,34)(H,35,36)/b17-10+. The third kappa shape index (κ3) is 8.14. The molecule has 0 aromatic heterocycles. The molecule has 2 aromatic carbocycles. The van der Waals surface area contributed by atoms with E-state index in [1.54, 1.807) is 11.5 Å². The van der Waals surface area contributed by atoms with Crippen molar-refractivity contribution in [2.24, 2.45) is 4.99 Å². The highest BCUT2D eigenvalue weighted by atomic mass is 19.4. The van der Waals surface area contributed by atoms with Crippen LogP contribution < -0.4 is 11.0 Å². The van der Waals surface area contributed by atoms with E-state index in [0.29, 0.717) is 55.5 Å². The van der Waals surface area contributed by atoms with Gasteiger partial charge in [0.15, 0.2) is 5.78 Å². The van der Waals surface area contributed by atoms with Crippen molar-refractivity contribution in [3.63, 3.8) is 0 Å². The van der Waals surface area contributed by atoms with Crippen molar-refractivity contribution >= 4 is 29.3 Å². The summed E-state index contributed by atoms with van der Waals surface area (Å²) in [6.07, 6.45) is -6.26. The highest BCUT2D eigenvalue weighted by Gasteiger charge is 2.37. The van der Waals surface area contributed by atoms with E-state index in [0.717, 1.165) is 6.08 Å². The first kappa shape index (κ1) is 29.8. The van der Waals surface area contributed by atoms with Gasteiger partial charge in [-0.3, -0.25) is 25.5 Å². The zero-order valence-corrected chi connectivity index (χ0v) is 20.4. The first-order chi connectivity index (χ1) is 18.3. The molecule has 7 nitrogen and oxygen atoms in total. The van der Waals surface area contributed by atoms with Gasteiger partial charge in [0.25, 0.3) is 0 Å². The van der Waals surface area contributed by atoms with Crippen LogP contribution in [0.15, 0.2) is 47.0 Å². The van der Waals surface area contributed by atoms with Crippen LogP contribution in [0.25, 0.3) is 6.08 Å². The van der Waals surface area contributed by atoms with Crippen LogP contribution in [-0.4, -0.2) is 27.9 Å². The number of hydrogen-bond donors (Lipinski definition) is 4. The van der Waals surface area contributed by atoms with Gasteiger partial charge < -0.3 is 0 Å². The van der Waals surface area contributed by atoms with E-state index in [9.17, 15) is 41.1 Å². The maximum Gasteiger partial charge on any atom is 0.416 e. The summed E-state index contributed by atoms with van der Waals surface area (Å²) in [5, 5.41) is 17.9. The van der Waals surface area contributed by atoms with Crippen molar-refractivity contribution in [3.05, 3.63) is 69.8 Å². The fourth-order valence-corrected chi connectivity index (χ4v) is 4.14. The predicted molar refractivity (Wildman–Crippen MR) is 129 cm³/mol. The molecular weight excluding hydrogens is 532 g/mol. The van der Waals surface area contributed by atoms with Crippen LogP contribution >= 0.6 is 0 Å². The summed E-state index contributed by atoms with van der Waals surface area (Å²) in [6.45, 7) is 0. The van der Waals surface area contributed by atoms with Crippen LogP contribution in [0.1, 0.15) is 71.1 Å². The number of amidine groups is 1. The van der Waals surface area contributed by atoms with E-state index in [1.807, 2.05) is 5.48 Å². The molecule has 1 amide bonds. The lowest BCUT2D eigenvalue weighted by Crippen LogP contribution is -2.19. The van der Waals surface area contributed by atoms with Gasteiger partial charge >= 0.3 is 12.4 Å². The number of ketones is 1. The third-order valence-corrected chi connectivity index (χ3v) is 6.07. The first-order valence-electron chi connectivity index (χ1n) is 11.9. The molecule has 0 atom stereocenters. The molecule has 13 heteroatoms. The number of carbonyl (C=O) groups excluding carboxylic acids is 2. The van der Waals surface area contributed by atoms with E-state index in [4.69, 9.17) is 5.21 Å². The van der Waals surface area contributed by atoms with Crippen molar-refractivity contribution in [2.45, 2.75) is 57.3 Å². The number of halogens is 6. The number of rotatable bonds is 8. The Balaban J connectivity index is 1.78. The average molecular weight is 557 g/mol. The maximum absolute atomic E-state index is 13.2. The van der Waals surface area contributed by atoms with Crippen LogP contribution in [0.5, 0.6) is 0 Å². The number of unbranched alkanes of at least 4 members (excludes halogenated alkanes) is 2.